The number of thioether (sulfide) groups is 1. The van der Waals surface area contributed by atoms with Crippen molar-refractivity contribution < 1.29 is 19.8 Å². The number of hydrogen-bond donors (Lipinski definition) is 2. The van der Waals surface area contributed by atoms with E-state index in [9.17, 15) is 9.59 Å². The van der Waals surface area contributed by atoms with E-state index in [4.69, 9.17) is 21.4 Å². The Balaban J connectivity index is 3.15. The average molecular weight is 224 g/mol. The molecule has 0 bridgehead atoms. The van der Waals surface area contributed by atoms with E-state index in [0.29, 0.717) is 5.08 Å². The van der Waals surface area contributed by atoms with E-state index in [1.807, 2.05) is 0 Å². The second kappa shape index (κ2) is 3.55. The van der Waals surface area contributed by atoms with Crippen LogP contribution < -0.4 is 0 Å². The first-order valence-corrected chi connectivity index (χ1v) is 6.06. The zero-order chi connectivity index (χ0) is 9.30. The van der Waals surface area contributed by atoms with Crippen LogP contribution in [0.5, 0.6) is 0 Å². The van der Waals surface area contributed by atoms with Gasteiger partial charge in [0.15, 0.2) is 0 Å². The highest BCUT2D eigenvalue weighted by molar-refractivity contribution is 8.38. The minimum absolute atomic E-state index is 0.110. The molecule has 2 N–H and O–H groups in total. The van der Waals surface area contributed by atoms with E-state index in [1.54, 1.807) is 0 Å². The molecule has 7 heteroatoms. The van der Waals surface area contributed by atoms with E-state index in [-0.39, 0.29) is 9.81 Å². The third-order valence-electron chi connectivity index (χ3n) is 1.13. The third-order valence-corrected chi connectivity index (χ3v) is 5.46. The summed E-state index contributed by atoms with van der Waals surface area (Å²) in [6.07, 6.45) is 0. The Morgan fingerprint density at radius 1 is 1.42 bits per heavy atom. The smallest absolute Gasteiger partial charge is 0.343 e. The van der Waals surface area contributed by atoms with Gasteiger partial charge in [-0.15, -0.1) is 11.8 Å². The van der Waals surface area contributed by atoms with Gasteiger partial charge in [0.25, 0.3) is 0 Å². The van der Waals surface area contributed by atoms with Crippen LogP contribution in [-0.2, 0) is 30.2 Å². The normalized spacial score (nSPS) is 22.8. The van der Waals surface area contributed by atoms with Crippen molar-refractivity contribution in [2.75, 3.05) is 5.08 Å². The molecule has 0 aliphatic carbocycles. The standard InChI is InChI=1S/C5H4O4S3/c6-4(7)2-3(5(8)9)12(10)1-11-2/h1H2,(H,6,7)(H,8,9). The number of rotatable bonds is 2. The summed E-state index contributed by atoms with van der Waals surface area (Å²) in [7, 11) is -0.846. The van der Waals surface area contributed by atoms with E-state index >= 15 is 0 Å². The molecule has 0 saturated carbocycles. The molecule has 1 rings (SSSR count). The Morgan fingerprint density at radius 3 is 2.33 bits per heavy atom. The van der Waals surface area contributed by atoms with Crippen molar-refractivity contribution in [2.24, 2.45) is 0 Å². The molecular formula is C5H4O4S3. The van der Waals surface area contributed by atoms with E-state index in [1.165, 1.54) is 0 Å². The monoisotopic (exact) mass is 224 g/mol. The number of aliphatic carboxylic acids is 2. The predicted molar refractivity (Wildman–Crippen MR) is 49.5 cm³/mol. The molecule has 1 atom stereocenters. The van der Waals surface area contributed by atoms with Crippen LogP contribution in [0.25, 0.3) is 0 Å². The van der Waals surface area contributed by atoms with Crippen LogP contribution in [0.3, 0.4) is 0 Å². The van der Waals surface area contributed by atoms with Crippen LogP contribution in [0.4, 0.5) is 0 Å². The molecule has 0 radical (unpaired) electrons. The summed E-state index contributed by atoms with van der Waals surface area (Å²) in [5.41, 5.74) is 0. The Kier molecular flexibility index (Phi) is 2.86. The number of carboxylic acid groups (broad SMARTS) is 2. The van der Waals surface area contributed by atoms with E-state index in [0.717, 1.165) is 11.8 Å². The fraction of sp³-hybridized carbons (Fsp3) is 0.200. The molecule has 1 heterocycles. The van der Waals surface area contributed by atoms with Gasteiger partial charge in [0.2, 0.25) is 0 Å². The van der Waals surface area contributed by atoms with Gasteiger partial charge in [-0.05, 0) is 11.2 Å². The zero-order valence-corrected chi connectivity index (χ0v) is 8.09. The highest BCUT2D eigenvalue weighted by Gasteiger charge is 2.29. The minimum atomic E-state index is -1.21. The quantitative estimate of drug-likeness (QED) is 0.695. The number of hydrogen-bond acceptors (Lipinski definition) is 4. The van der Waals surface area contributed by atoms with Crippen LogP contribution in [0.15, 0.2) is 9.81 Å². The van der Waals surface area contributed by atoms with Crippen LogP contribution in [0.2, 0.25) is 0 Å². The Bertz CT molecular complexity index is 306. The van der Waals surface area contributed by atoms with Crippen molar-refractivity contribution in [1.29, 1.82) is 0 Å². The molecular weight excluding hydrogens is 220 g/mol. The first-order valence-electron chi connectivity index (χ1n) is 2.76. The Hall–Kier alpha value is -0.400. The Labute approximate surface area is 79.2 Å². The highest BCUT2D eigenvalue weighted by Crippen LogP contribution is 2.32. The van der Waals surface area contributed by atoms with Crippen LogP contribution in [-0.4, -0.2) is 27.2 Å². The molecule has 1 aliphatic rings. The van der Waals surface area contributed by atoms with Crippen molar-refractivity contribution in [3.8, 4) is 0 Å². The van der Waals surface area contributed by atoms with Crippen molar-refractivity contribution in [3.63, 3.8) is 0 Å². The van der Waals surface area contributed by atoms with E-state index < -0.39 is 21.4 Å². The van der Waals surface area contributed by atoms with Gasteiger partial charge in [0, 0.05) is 0 Å². The molecule has 4 nitrogen and oxygen atoms in total. The van der Waals surface area contributed by atoms with Crippen LogP contribution in [0.1, 0.15) is 0 Å². The van der Waals surface area contributed by atoms with Crippen molar-refractivity contribution in [1.82, 2.24) is 0 Å². The van der Waals surface area contributed by atoms with Gasteiger partial charge in [-0.2, -0.15) is 0 Å². The third kappa shape index (κ3) is 1.67. The molecule has 1 unspecified atom stereocenters. The van der Waals surface area contributed by atoms with Gasteiger partial charge in [0.05, 0.1) is 5.08 Å². The summed E-state index contributed by atoms with van der Waals surface area (Å²) in [6.45, 7) is 0. The number of carboxylic acids is 2. The van der Waals surface area contributed by atoms with Gasteiger partial charge < -0.3 is 10.2 Å². The molecule has 12 heavy (non-hydrogen) atoms. The van der Waals surface area contributed by atoms with Gasteiger partial charge >= 0.3 is 11.9 Å². The summed E-state index contributed by atoms with van der Waals surface area (Å²) in [6, 6.07) is 0. The lowest BCUT2D eigenvalue weighted by Gasteiger charge is -1.95. The Morgan fingerprint density at radius 2 is 2.00 bits per heavy atom. The lowest BCUT2D eigenvalue weighted by molar-refractivity contribution is -0.134. The SMILES string of the molecule is O=C(O)C1=C(C(=O)O)S(=S)CS1. The predicted octanol–water partition coefficient (Wildman–Crippen LogP) is 0.152. The summed E-state index contributed by atoms with van der Waals surface area (Å²) >= 11 is 5.80. The second-order valence-corrected chi connectivity index (χ2v) is 5.82. The van der Waals surface area contributed by atoms with Crippen molar-refractivity contribution in [3.05, 3.63) is 9.81 Å². The number of carbonyl (C=O) groups is 2. The first kappa shape index (κ1) is 9.69. The van der Waals surface area contributed by atoms with Crippen molar-refractivity contribution in [2.45, 2.75) is 0 Å². The minimum Gasteiger partial charge on any atom is -0.477 e. The maximum atomic E-state index is 10.5. The topological polar surface area (TPSA) is 74.6 Å². The first-order chi connectivity index (χ1) is 5.54. The maximum absolute atomic E-state index is 10.5. The summed E-state index contributed by atoms with van der Waals surface area (Å²) in [5.74, 6) is -2.41. The maximum Gasteiger partial charge on any atom is 0.343 e. The average Bonchev–Trinajstić information content (AvgIpc) is 2.30. The summed E-state index contributed by atoms with van der Waals surface area (Å²) in [4.78, 5) is 20.8. The largest absolute Gasteiger partial charge is 0.477 e. The van der Waals surface area contributed by atoms with Crippen LogP contribution >= 0.6 is 11.8 Å². The van der Waals surface area contributed by atoms with Gasteiger partial charge in [-0.1, -0.05) is 9.45 Å². The lowest BCUT2D eigenvalue weighted by Crippen LogP contribution is -2.08. The second-order valence-electron chi connectivity index (χ2n) is 1.88. The molecule has 0 amide bonds. The molecule has 0 aromatic heterocycles. The van der Waals surface area contributed by atoms with Gasteiger partial charge in [-0.25, -0.2) is 9.59 Å². The molecule has 0 spiro atoms. The molecule has 66 valence electrons. The molecule has 0 aromatic rings. The van der Waals surface area contributed by atoms with Crippen LogP contribution in [0, 0.1) is 0 Å². The molecule has 0 saturated heterocycles. The van der Waals surface area contributed by atoms with E-state index in [2.05, 4.69) is 0 Å². The fourth-order valence-electron chi connectivity index (χ4n) is 0.694. The van der Waals surface area contributed by atoms with Gasteiger partial charge in [-0.3, -0.25) is 0 Å². The molecule has 1 aliphatic heterocycles. The molecule has 0 fully saturated rings. The highest BCUT2D eigenvalue weighted by atomic mass is 32.8. The lowest BCUT2D eigenvalue weighted by atomic mass is 10.5. The fourth-order valence-corrected chi connectivity index (χ4v) is 4.43. The summed E-state index contributed by atoms with van der Waals surface area (Å²) < 4.78 is 0. The van der Waals surface area contributed by atoms with Gasteiger partial charge in [0.1, 0.15) is 9.81 Å². The zero-order valence-electron chi connectivity index (χ0n) is 5.64. The van der Waals surface area contributed by atoms with Crippen molar-refractivity contribution >= 4 is 44.3 Å². The molecule has 0 aromatic carbocycles. The summed E-state index contributed by atoms with van der Waals surface area (Å²) in [5, 5.41) is 17.6.